The van der Waals surface area contributed by atoms with Crippen LogP contribution in [-0.4, -0.2) is 22.0 Å². The molecule has 0 aliphatic rings. The Bertz CT molecular complexity index is 1010. The van der Waals surface area contributed by atoms with Gasteiger partial charge in [-0.25, -0.2) is 4.68 Å². The normalized spacial score (nSPS) is 10.8. The van der Waals surface area contributed by atoms with Gasteiger partial charge in [0.05, 0.1) is 13.7 Å². The molecule has 1 heterocycles. The monoisotopic (exact) mass is 432 g/mol. The van der Waals surface area contributed by atoms with Crippen molar-refractivity contribution in [2.24, 2.45) is 0 Å². The van der Waals surface area contributed by atoms with Crippen molar-refractivity contribution in [1.82, 2.24) is 14.9 Å². The van der Waals surface area contributed by atoms with Gasteiger partial charge in [-0.15, -0.1) is 0 Å². The summed E-state index contributed by atoms with van der Waals surface area (Å²) in [5.41, 5.74) is 6.44. The van der Waals surface area contributed by atoms with E-state index in [0.717, 1.165) is 29.8 Å². The number of halogens is 1. The molecule has 2 aromatic carbocycles. The lowest BCUT2D eigenvalue weighted by Gasteiger charge is -2.15. The van der Waals surface area contributed by atoms with Crippen molar-refractivity contribution >= 4 is 23.8 Å². The molecule has 3 rings (SSSR count). The molecule has 0 unspecified atom stereocenters. The van der Waals surface area contributed by atoms with Crippen LogP contribution >= 0.6 is 23.8 Å². The summed E-state index contributed by atoms with van der Waals surface area (Å²) in [6.45, 7) is 5.06. The summed E-state index contributed by atoms with van der Waals surface area (Å²) in [6, 6.07) is 11.9. The van der Waals surface area contributed by atoms with Gasteiger partial charge in [-0.3, -0.25) is 5.10 Å². The number of nitrogens with zero attached hydrogens (tertiary/aromatic N) is 2. The summed E-state index contributed by atoms with van der Waals surface area (Å²) in [4.78, 5) is 0. The minimum Gasteiger partial charge on any atom is -0.493 e. The number of nitrogens with one attached hydrogen (secondary N) is 2. The number of benzene rings is 2. The molecule has 0 radical (unpaired) electrons. The van der Waals surface area contributed by atoms with Gasteiger partial charge >= 0.3 is 0 Å². The second kappa shape index (κ2) is 9.80. The van der Waals surface area contributed by atoms with E-state index in [-0.39, 0.29) is 0 Å². The molecule has 0 atom stereocenters. The predicted octanol–water partition coefficient (Wildman–Crippen LogP) is 5.19. The lowest BCUT2D eigenvalue weighted by Crippen LogP contribution is -2.18. The van der Waals surface area contributed by atoms with Crippen LogP contribution in [0.15, 0.2) is 36.4 Å². The molecule has 8 heteroatoms. The van der Waals surface area contributed by atoms with Gasteiger partial charge < -0.3 is 14.9 Å². The number of hydrogen-bond donors (Lipinski definition) is 2. The van der Waals surface area contributed by atoms with E-state index in [9.17, 15) is 0 Å². The third-order valence-electron chi connectivity index (χ3n) is 4.49. The Labute approximate surface area is 180 Å². The van der Waals surface area contributed by atoms with Crippen molar-refractivity contribution in [1.29, 1.82) is 0 Å². The third kappa shape index (κ3) is 5.31. The summed E-state index contributed by atoms with van der Waals surface area (Å²) >= 11 is 11.8. The van der Waals surface area contributed by atoms with Crippen LogP contribution in [0.5, 0.6) is 11.5 Å². The number of hydrogen-bond acceptors (Lipinski definition) is 5. The molecular formula is C21H25ClN4O2S. The van der Waals surface area contributed by atoms with Gasteiger partial charge in [0, 0.05) is 17.5 Å². The van der Waals surface area contributed by atoms with Gasteiger partial charge in [0.15, 0.2) is 17.3 Å². The summed E-state index contributed by atoms with van der Waals surface area (Å²) in [7, 11) is 1.62. The Hall–Kier alpha value is -2.51. The molecule has 0 aliphatic carbocycles. The molecule has 2 N–H and O–H groups in total. The first-order chi connectivity index (χ1) is 14.0. The molecule has 6 nitrogen and oxygen atoms in total. The average Bonchev–Trinajstić information content (AvgIpc) is 3.06. The van der Waals surface area contributed by atoms with E-state index in [1.54, 1.807) is 17.9 Å². The highest BCUT2D eigenvalue weighted by Gasteiger charge is 2.12. The first-order valence-corrected chi connectivity index (χ1v) is 10.2. The zero-order valence-corrected chi connectivity index (χ0v) is 18.4. The van der Waals surface area contributed by atoms with Crippen LogP contribution in [0.1, 0.15) is 35.9 Å². The van der Waals surface area contributed by atoms with Crippen LogP contribution in [0.4, 0.5) is 0 Å². The Morgan fingerprint density at radius 3 is 2.66 bits per heavy atom. The molecule has 1 aromatic heterocycles. The average molecular weight is 433 g/mol. The van der Waals surface area contributed by atoms with Crippen LogP contribution < -0.4 is 14.9 Å². The van der Waals surface area contributed by atoms with E-state index < -0.39 is 0 Å². The Kier molecular flexibility index (Phi) is 7.17. The lowest BCUT2D eigenvalue weighted by atomic mass is 10.1. The molecule has 0 saturated heterocycles. The molecule has 3 aromatic rings. The van der Waals surface area contributed by atoms with Crippen LogP contribution in [0.3, 0.4) is 0 Å². The van der Waals surface area contributed by atoms with Gasteiger partial charge in [-0.1, -0.05) is 48.4 Å². The topological polar surface area (TPSA) is 64.1 Å². The fourth-order valence-corrected chi connectivity index (χ4v) is 3.31. The number of ether oxygens (including phenoxy) is 2. The van der Waals surface area contributed by atoms with Crippen molar-refractivity contribution in [2.45, 2.75) is 39.8 Å². The molecule has 0 saturated carbocycles. The maximum absolute atomic E-state index is 6.51. The maximum Gasteiger partial charge on any atom is 0.214 e. The predicted molar refractivity (Wildman–Crippen MR) is 118 cm³/mol. The summed E-state index contributed by atoms with van der Waals surface area (Å²) in [6.07, 6.45) is 1.80. The van der Waals surface area contributed by atoms with E-state index in [0.29, 0.717) is 34.4 Å². The maximum atomic E-state index is 6.51. The Morgan fingerprint density at radius 2 is 1.97 bits per heavy atom. The van der Waals surface area contributed by atoms with Gasteiger partial charge in [-0.05, 0) is 42.8 Å². The zero-order chi connectivity index (χ0) is 20.8. The van der Waals surface area contributed by atoms with Crippen molar-refractivity contribution in [3.63, 3.8) is 0 Å². The molecule has 0 aliphatic heterocycles. The molecule has 29 heavy (non-hydrogen) atoms. The number of aromatic nitrogens is 3. The number of aryl methyl sites for hydroxylation is 2. The van der Waals surface area contributed by atoms with E-state index in [1.165, 1.54) is 5.56 Å². The Balaban J connectivity index is 1.73. The molecular weight excluding hydrogens is 408 g/mol. The van der Waals surface area contributed by atoms with Crippen LogP contribution in [-0.2, 0) is 19.6 Å². The lowest BCUT2D eigenvalue weighted by molar-refractivity contribution is 0.284. The molecule has 0 bridgehead atoms. The second-order valence-electron chi connectivity index (χ2n) is 6.73. The fraction of sp³-hybridized carbons (Fsp3) is 0.333. The standard InChI is InChI=1S/C21H25ClN4O2S/c1-4-5-20-24-25-21(29)26(20)23-12-16-10-18(27-3)19(11-17(16)22)28-13-15-8-6-14(2)7-9-15/h6-11,23H,4-5,12-13H2,1-3H3,(H,25,29). The van der Waals surface area contributed by atoms with Crippen molar-refractivity contribution in [3.05, 3.63) is 68.7 Å². The van der Waals surface area contributed by atoms with E-state index >= 15 is 0 Å². The molecule has 0 amide bonds. The molecule has 154 valence electrons. The first kappa shape index (κ1) is 21.2. The van der Waals surface area contributed by atoms with Crippen LogP contribution in [0.2, 0.25) is 5.02 Å². The first-order valence-electron chi connectivity index (χ1n) is 9.46. The zero-order valence-electron chi connectivity index (χ0n) is 16.8. The highest BCUT2D eigenvalue weighted by atomic mass is 35.5. The number of aromatic amines is 1. The van der Waals surface area contributed by atoms with E-state index in [2.05, 4.69) is 41.6 Å². The molecule has 0 spiro atoms. The summed E-state index contributed by atoms with van der Waals surface area (Å²) < 4.78 is 13.8. The van der Waals surface area contributed by atoms with Crippen LogP contribution in [0.25, 0.3) is 0 Å². The highest BCUT2D eigenvalue weighted by Crippen LogP contribution is 2.34. The second-order valence-corrected chi connectivity index (χ2v) is 7.53. The van der Waals surface area contributed by atoms with Crippen molar-refractivity contribution in [2.75, 3.05) is 12.5 Å². The number of methoxy groups -OCH3 is 1. The minimum absolute atomic E-state index is 0.440. The van der Waals surface area contributed by atoms with Gasteiger partial charge in [0.25, 0.3) is 0 Å². The SMILES string of the molecule is CCCc1n[nH]c(=S)n1NCc1cc(OC)c(OCc2ccc(C)cc2)cc1Cl. The van der Waals surface area contributed by atoms with Crippen LogP contribution in [0, 0.1) is 11.7 Å². The largest absolute Gasteiger partial charge is 0.493 e. The Morgan fingerprint density at radius 1 is 1.21 bits per heavy atom. The smallest absolute Gasteiger partial charge is 0.214 e. The summed E-state index contributed by atoms with van der Waals surface area (Å²) in [5.74, 6) is 2.09. The van der Waals surface area contributed by atoms with Gasteiger partial charge in [0.1, 0.15) is 6.61 Å². The fourth-order valence-electron chi connectivity index (χ4n) is 2.88. The van der Waals surface area contributed by atoms with Gasteiger partial charge in [0.2, 0.25) is 4.77 Å². The van der Waals surface area contributed by atoms with Crippen molar-refractivity contribution in [3.8, 4) is 11.5 Å². The van der Waals surface area contributed by atoms with Gasteiger partial charge in [-0.2, -0.15) is 5.10 Å². The highest BCUT2D eigenvalue weighted by molar-refractivity contribution is 7.71. The number of H-pyrrole nitrogens is 1. The quantitative estimate of drug-likeness (QED) is 0.456. The van der Waals surface area contributed by atoms with E-state index in [1.807, 2.05) is 18.2 Å². The number of rotatable bonds is 9. The van der Waals surface area contributed by atoms with Crippen molar-refractivity contribution < 1.29 is 9.47 Å². The molecule has 0 fully saturated rings. The minimum atomic E-state index is 0.440. The van der Waals surface area contributed by atoms with E-state index in [4.69, 9.17) is 33.3 Å². The summed E-state index contributed by atoms with van der Waals surface area (Å²) in [5, 5.41) is 7.66. The third-order valence-corrected chi connectivity index (χ3v) is 5.12.